The third kappa shape index (κ3) is 1.57. The van der Waals surface area contributed by atoms with Gasteiger partial charge in [0.15, 0.2) is 12.1 Å². The molecule has 142 valence electrons. The summed E-state index contributed by atoms with van der Waals surface area (Å²) in [5.41, 5.74) is -1.88. The molecule has 3 saturated carbocycles. The molecule has 5 fully saturated rings. The lowest BCUT2D eigenvalue weighted by molar-refractivity contribution is -0.253. The highest BCUT2D eigenvalue weighted by Gasteiger charge is 2.78. The topological polar surface area (TPSA) is 93.1 Å². The van der Waals surface area contributed by atoms with Gasteiger partial charge in [0.2, 0.25) is 0 Å². The fraction of sp³-hybridized carbons (Fsp3) is 0.800. The summed E-state index contributed by atoms with van der Waals surface area (Å²) in [7, 11) is 0. The van der Waals surface area contributed by atoms with Crippen LogP contribution < -0.4 is 0 Å². The second-order valence-electron chi connectivity index (χ2n) is 9.62. The van der Waals surface area contributed by atoms with Gasteiger partial charge in [0.25, 0.3) is 0 Å². The van der Waals surface area contributed by atoms with Crippen molar-refractivity contribution in [2.24, 2.45) is 34.0 Å². The zero-order valence-corrected chi connectivity index (χ0v) is 15.2. The van der Waals surface area contributed by atoms with Gasteiger partial charge in [-0.05, 0) is 42.1 Å². The minimum Gasteiger partial charge on any atom is -0.461 e. The van der Waals surface area contributed by atoms with Gasteiger partial charge in [-0.15, -0.1) is 0 Å². The normalized spacial score (nSPS) is 54.4. The van der Waals surface area contributed by atoms with Crippen molar-refractivity contribution in [2.45, 2.75) is 58.0 Å². The van der Waals surface area contributed by atoms with Gasteiger partial charge < -0.3 is 19.7 Å². The van der Waals surface area contributed by atoms with E-state index in [4.69, 9.17) is 9.47 Å². The van der Waals surface area contributed by atoms with Crippen molar-refractivity contribution >= 4 is 11.8 Å². The van der Waals surface area contributed by atoms with Gasteiger partial charge in [-0.3, -0.25) is 9.59 Å². The number of aliphatic hydroxyl groups excluding tert-OH is 2. The molecule has 2 bridgehead atoms. The van der Waals surface area contributed by atoms with Crippen molar-refractivity contribution in [2.75, 3.05) is 6.61 Å². The molecule has 2 spiro atoms. The second kappa shape index (κ2) is 4.78. The van der Waals surface area contributed by atoms with Gasteiger partial charge in [0.05, 0.1) is 12.7 Å². The number of ether oxygens (including phenoxy) is 2. The van der Waals surface area contributed by atoms with Crippen LogP contribution in [0.2, 0.25) is 0 Å². The summed E-state index contributed by atoms with van der Waals surface area (Å²) in [4.78, 5) is 26.3. The first-order valence-corrected chi connectivity index (χ1v) is 9.59. The highest BCUT2D eigenvalue weighted by Crippen LogP contribution is 2.71. The first kappa shape index (κ1) is 16.9. The third-order valence-electron chi connectivity index (χ3n) is 8.48. The van der Waals surface area contributed by atoms with Crippen LogP contribution in [0.15, 0.2) is 12.2 Å². The standard InChI is InChI=1S/C20H26O6/c1-9-10-4-5-11-19(7-10,15(9)22)17(24)26-13-6-12(21)18(2,3)14-16(23)25-8-20(11,13)14/h10-14,16,21,23H,1,4-8H2,2-3H3/t10-,11-,12+,13+,14-,16-,19-,20+/m1/s1. The molecule has 2 saturated heterocycles. The molecule has 6 heteroatoms. The summed E-state index contributed by atoms with van der Waals surface area (Å²) >= 11 is 0. The number of allylic oxidation sites excluding steroid dienone is 1. The van der Waals surface area contributed by atoms with Crippen molar-refractivity contribution < 1.29 is 29.3 Å². The smallest absolute Gasteiger partial charge is 0.320 e. The van der Waals surface area contributed by atoms with Crippen LogP contribution in [-0.2, 0) is 19.1 Å². The predicted octanol–water partition coefficient (Wildman–Crippen LogP) is 1.20. The van der Waals surface area contributed by atoms with Crippen LogP contribution in [0.5, 0.6) is 0 Å². The van der Waals surface area contributed by atoms with Crippen LogP contribution in [-0.4, -0.2) is 47.1 Å². The molecule has 2 aliphatic heterocycles. The number of hydrogen-bond acceptors (Lipinski definition) is 6. The van der Waals surface area contributed by atoms with Crippen LogP contribution in [0.4, 0.5) is 0 Å². The Labute approximate surface area is 152 Å². The maximum atomic E-state index is 13.2. The number of ketones is 1. The average Bonchev–Trinajstić information content (AvgIpc) is 3.03. The molecule has 0 aromatic heterocycles. The van der Waals surface area contributed by atoms with Gasteiger partial charge in [0.1, 0.15) is 11.5 Å². The fourth-order valence-corrected chi connectivity index (χ4v) is 7.21. The molecule has 5 aliphatic rings. The molecule has 2 heterocycles. The lowest BCUT2D eigenvalue weighted by Gasteiger charge is -2.62. The van der Waals surface area contributed by atoms with Crippen molar-refractivity contribution in [3.8, 4) is 0 Å². The molecular formula is C20H26O6. The molecule has 6 nitrogen and oxygen atoms in total. The van der Waals surface area contributed by atoms with E-state index < -0.39 is 46.6 Å². The molecule has 0 aromatic rings. The molecule has 2 N–H and O–H groups in total. The van der Waals surface area contributed by atoms with E-state index in [1.807, 2.05) is 13.8 Å². The van der Waals surface area contributed by atoms with Gasteiger partial charge >= 0.3 is 5.97 Å². The Hall–Kier alpha value is -1.24. The number of carbonyl (C=O) groups is 2. The molecular weight excluding hydrogens is 336 g/mol. The zero-order valence-electron chi connectivity index (χ0n) is 15.2. The monoisotopic (exact) mass is 362 g/mol. The third-order valence-corrected chi connectivity index (χ3v) is 8.48. The van der Waals surface area contributed by atoms with E-state index in [1.54, 1.807) is 0 Å². The molecule has 5 rings (SSSR count). The van der Waals surface area contributed by atoms with Gasteiger partial charge in [-0.25, -0.2) is 0 Å². The Bertz CT molecular complexity index is 728. The Kier molecular flexibility index (Phi) is 3.10. The van der Waals surface area contributed by atoms with Gasteiger partial charge in [-0.1, -0.05) is 20.4 Å². The van der Waals surface area contributed by atoms with E-state index in [9.17, 15) is 19.8 Å². The first-order valence-electron chi connectivity index (χ1n) is 9.59. The summed E-state index contributed by atoms with van der Waals surface area (Å²) < 4.78 is 11.6. The van der Waals surface area contributed by atoms with Crippen LogP contribution in [0, 0.1) is 34.0 Å². The predicted molar refractivity (Wildman–Crippen MR) is 89.6 cm³/mol. The Morgan fingerprint density at radius 1 is 1.19 bits per heavy atom. The lowest BCUT2D eigenvalue weighted by Crippen LogP contribution is -2.70. The Morgan fingerprint density at radius 3 is 2.65 bits per heavy atom. The highest BCUT2D eigenvalue weighted by molar-refractivity contribution is 6.15. The summed E-state index contributed by atoms with van der Waals surface area (Å²) in [5.74, 6) is -1.22. The van der Waals surface area contributed by atoms with Crippen molar-refractivity contribution in [3.63, 3.8) is 0 Å². The van der Waals surface area contributed by atoms with Gasteiger partial charge in [0, 0.05) is 17.8 Å². The van der Waals surface area contributed by atoms with E-state index in [2.05, 4.69) is 6.58 Å². The van der Waals surface area contributed by atoms with E-state index >= 15 is 0 Å². The highest BCUT2D eigenvalue weighted by atomic mass is 16.6. The minimum atomic E-state index is -1.18. The second-order valence-corrected chi connectivity index (χ2v) is 9.62. The van der Waals surface area contributed by atoms with E-state index in [0.717, 1.165) is 12.8 Å². The molecule has 0 radical (unpaired) electrons. The molecule has 26 heavy (non-hydrogen) atoms. The van der Waals surface area contributed by atoms with Crippen LogP contribution in [0.1, 0.15) is 39.5 Å². The minimum absolute atomic E-state index is 0.0483. The largest absolute Gasteiger partial charge is 0.461 e. The number of esters is 1. The SMILES string of the molecule is C=C1C(=O)[C@@]23C[C@H]1CC[C@H]2[C@]12CO[C@@H](O)[C@@H]1C(C)(C)[C@@H](O)C[C@@H]2OC3=O. The number of Topliss-reactive ketones (excluding diaryl/α,β-unsaturated/α-hetero) is 1. The Morgan fingerprint density at radius 2 is 1.92 bits per heavy atom. The zero-order chi connectivity index (χ0) is 18.6. The van der Waals surface area contributed by atoms with Crippen LogP contribution in [0.3, 0.4) is 0 Å². The maximum absolute atomic E-state index is 13.2. The average molecular weight is 362 g/mol. The summed E-state index contributed by atoms with van der Waals surface area (Å²) in [6.07, 6.45) is 0.0482. The summed E-state index contributed by atoms with van der Waals surface area (Å²) in [6.45, 7) is 8.08. The number of fused-ring (bicyclic) bond motifs is 1. The van der Waals surface area contributed by atoms with Gasteiger partial charge in [-0.2, -0.15) is 0 Å². The Balaban J connectivity index is 1.72. The molecule has 0 amide bonds. The summed E-state index contributed by atoms with van der Waals surface area (Å²) in [6, 6.07) is 0. The lowest BCUT2D eigenvalue weighted by atomic mass is 9.43. The van der Waals surface area contributed by atoms with Crippen LogP contribution >= 0.6 is 0 Å². The first-order chi connectivity index (χ1) is 12.2. The van der Waals surface area contributed by atoms with E-state index in [1.165, 1.54) is 0 Å². The fourth-order valence-electron chi connectivity index (χ4n) is 7.21. The number of hydrogen-bond donors (Lipinski definition) is 2. The number of carbonyl (C=O) groups excluding carboxylic acids is 2. The van der Waals surface area contributed by atoms with Crippen molar-refractivity contribution in [1.29, 1.82) is 0 Å². The van der Waals surface area contributed by atoms with E-state index in [-0.39, 0.29) is 24.2 Å². The molecule has 8 atom stereocenters. The molecule has 0 aromatic carbocycles. The molecule has 0 unspecified atom stereocenters. The summed E-state index contributed by atoms with van der Waals surface area (Å²) in [5, 5.41) is 21.4. The quantitative estimate of drug-likeness (QED) is 0.382. The number of aliphatic hydroxyl groups is 2. The van der Waals surface area contributed by atoms with Crippen molar-refractivity contribution in [1.82, 2.24) is 0 Å². The van der Waals surface area contributed by atoms with E-state index in [0.29, 0.717) is 18.4 Å². The van der Waals surface area contributed by atoms with Crippen molar-refractivity contribution in [3.05, 3.63) is 12.2 Å². The molecule has 3 aliphatic carbocycles. The maximum Gasteiger partial charge on any atom is 0.320 e. The number of rotatable bonds is 0. The van der Waals surface area contributed by atoms with Crippen LogP contribution in [0.25, 0.3) is 0 Å².